The zero-order valence-corrected chi connectivity index (χ0v) is 10.1. The maximum absolute atomic E-state index is 11.8. The van der Waals surface area contributed by atoms with Crippen LogP contribution in [-0.4, -0.2) is 36.5 Å². The summed E-state index contributed by atoms with van der Waals surface area (Å²) in [5.74, 6) is 0.0321. The number of nitrogens with one attached hydrogen (secondary N) is 1. The number of nitrogens with two attached hydrogens (primary N) is 1. The maximum Gasteiger partial charge on any atom is 0.238 e. The molecule has 0 saturated carbocycles. The van der Waals surface area contributed by atoms with Gasteiger partial charge in [-0.2, -0.15) is 0 Å². The van der Waals surface area contributed by atoms with Crippen molar-refractivity contribution in [3.05, 3.63) is 29.8 Å². The van der Waals surface area contributed by atoms with Gasteiger partial charge in [-0.3, -0.25) is 9.69 Å². The van der Waals surface area contributed by atoms with Crippen molar-refractivity contribution in [2.24, 2.45) is 5.73 Å². The smallest absolute Gasteiger partial charge is 0.238 e. The minimum absolute atomic E-state index is 0.0321. The normalized spacial score (nSPS) is 20.5. The third-order valence-electron chi connectivity index (χ3n) is 2.98. The summed E-state index contributed by atoms with van der Waals surface area (Å²) in [6.07, 6.45) is 0.984. The number of hydrogen-bond donors (Lipinski definition) is 2. The van der Waals surface area contributed by atoms with Crippen LogP contribution in [0.25, 0.3) is 0 Å². The monoisotopic (exact) mass is 233 g/mol. The highest BCUT2D eigenvalue weighted by atomic mass is 16.2. The van der Waals surface area contributed by atoms with Crippen LogP contribution in [0.15, 0.2) is 24.3 Å². The molecule has 4 heteroatoms. The molecule has 1 aromatic rings. The molecule has 1 aliphatic heterocycles. The molecular formula is C13H19N3O. The van der Waals surface area contributed by atoms with Crippen LogP contribution in [-0.2, 0) is 4.79 Å². The second-order valence-corrected chi connectivity index (χ2v) is 4.70. The highest BCUT2D eigenvalue weighted by Crippen LogP contribution is 2.10. The molecule has 4 nitrogen and oxygen atoms in total. The van der Waals surface area contributed by atoms with Gasteiger partial charge in [0, 0.05) is 24.8 Å². The van der Waals surface area contributed by atoms with Gasteiger partial charge in [0.25, 0.3) is 0 Å². The van der Waals surface area contributed by atoms with Crippen LogP contribution in [0.2, 0.25) is 0 Å². The summed E-state index contributed by atoms with van der Waals surface area (Å²) in [7, 11) is 0. The highest BCUT2D eigenvalue weighted by Gasteiger charge is 2.20. The first kappa shape index (κ1) is 12.1. The molecule has 3 N–H and O–H groups in total. The third-order valence-corrected chi connectivity index (χ3v) is 2.98. The predicted molar refractivity (Wildman–Crippen MR) is 68.8 cm³/mol. The number of hydrogen-bond acceptors (Lipinski definition) is 3. The average molecular weight is 233 g/mol. The number of amides is 1. The molecular weight excluding hydrogens is 214 g/mol. The summed E-state index contributed by atoms with van der Waals surface area (Å²) in [4.78, 5) is 13.9. The van der Waals surface area contributed by atoms with Crippen molar-refractivity contribution < 1.29 is 4.79 Å². The van der Waals surface area contributed by atoms with Crippen LogP contribution in [0.4, 0.5) is 5.69 Å². The van der Waals surface area contributed by atoms with Crippen molar-refractivity contribution in [1.82, 2.24) is 4.90 Å². The Morgan fingerprint density at radius 2 is 2.41 bits per heavy atom. The largest absolute Gasteiger partial charge is 0.326 e. The Labute approximate surface area is 102 Å². The van der Waals surface area contributed by atoms with Crippen LogP contribution >= 0.6 is 0 Å². The number of likely N-dealkylation sites (tertiary alicyclic amines) is 1. The molecule has 1 heterocycles. The summed E-state index contributed by atoms with van der Waals surface area (Å²) in [5, 5.41) is 2.90. The van der Waals surface area contributed by atoms with Gasteiger partial charge in [0.2, 0.25) is 5.91 Å². The molecule has 1 fully saturated rings. The van der Waals surface area contributed by atoms with Crippen molar-refractivity contribution >= 4 is 11.6 Å². The quantitative estimate of drug-likeness (QED) is 0.817. The van der Waals surface area contributed by atoms with Gasteiger partial charge in [-0.05, 0) is 31.0 Å². The lowest BCUT2D eigenvalue weighted by Crippen LogP contribution is -2.33. The van der Waals surface area contributed by atoms with E-state index in [1.54, 1.807) is 0 Å². The van der Waals surface area contributed by atoms with Gasteiger partial charge in [-0.25, -0.2) is 0 Å². The summed E-state index contributed by atoms with van der Waals surface area (Å²) in [6.45, 7) is 4.18. The van der Waals surface area contributed by atoms with Gasteiger partial charge in [-0.15, -0.1) is 0 Å². The SMILES string of the molecule is Cc1cccc(NC(=O)CN2CCC(N)C2)c1. The van der Waals surface area contributed by atoms with Gasteiger partial charge < -0.3 is 11.1 Å². The number of benzene rings is 1. The lowest BCUT2D eigenvalue weighted by Gasteiger charge is -2.14. The topological polar surface area (TPSA) is 58.4 Å². The summed E-state index contributed by atoms with van der Waals surface area (Å²) in [6, 6.07) is 8.04. The van der Waals surface area contributed by atoms with E-state index in [-0.39, 0.29) is 11.9 Å². The summed E-state index contributed by atoms with van der Waals surface area (Å²) in [5.41, 5.74) is 7.80. The molecule has 0 aromatic heterocycles. The van der Waals surface area contributed by atoms with Crippen molar-refractivity contribution in [2.45, 2.75) is 19.4 Å². The number of aryl methyl sites for hydroxylation is 1. The molecule has 2 rings (SSSR count). The van der Waals surface area contributed by atoms with E-state index >= 15 is 0 Å². The first-order chi connectivity index (χ1) is 8.13. The van der Waals surface area contributed by atoms with Crippen LogP contribution < -0.4 is 11.1 Å². The van der Waals surface area contributed by atoms with Gasteiger partial charge in [0.1, 0.15) is 0 Å². The fourth-order valence-electron chi connectivity index (χ4n) is 2.13. The first-order valence-electron chi connectivity index (χ1n) is 5.98. The Morgan fingerprint density at radius 1 is 1.59 bits per heavy atom. The first-order valence-corrected chi connectivity index (χ1v) is 5.98. The predicted octanol–water partition coefficient (Wildman–Crippen LogP) is 0.967. The van der Waals surface area contributed by atoms with E-state index in [2.05, 4.69) is 10.2 Å². The van der Waals surface area contributed by atoms with Crippen LogP contribution in [0.1, 0.15) is 12.0 Å². The molecule has 17 heavy (non-hydrogen) atoms. The fourth-order valence-corrected chi connectivity index (χ4v) is 2.13. The Morgan fingerprint density at radius 3 is 3.06 bits per heavy atom. The molecule has 1 aliphatic rings. The number of nitrogens with zero attached hydrogens (tertiary/aromatic N) is 1. The average Bonchev–Trinajstić information content (AvgIpc) is 2.63. The van der Waals surface area contributed by atoms with Gasteiger partial charge in [0.05, 0.1) is 6.54 Å². The molecule has 92 valence electrons. The molecule has 1 atom stereocenters. The van der Waals surface area contributed by atoms with E-state index in [9.17, 15) is 4.79 Å². The molecule has 0 bridgehead atoms. The zero-order chi connectivity index (χ0) is 12.3. The van der Waals surface area contributed by atoms with Crippen LogP contribution in [0.5, 0.6) is 0 Å². The summed E-state index contributed by atoms with van der Waals surface area (Å²) >= 11 is 0. The number of anilines is 1. The molecule has 0 aliphatic carbocycles. The Balaban J connectivity index is 1.85. The number of carbonyl (C=O) groups is 1. The molecule has 1 amide bonds. The van der Waals surface area contributed by atoms with E-state index in [1.807, 2.05) is 31.2 Å². The molecule has 1 saturated heterocycles. The lowest BCUT2D eigenvalue weighted by atomic mass is 10.2. The Hall–Kier alpha value is -1.39. The molecule has 1 aromatic carbocycles. The maximum atomic E-state index is 11.8. The van der Waals surface area contributed by atoms with E-state index in [0.717, 1.165) is 30.8 Å². The van der Waals surface area contributed by atoms with Crippen molar-refractivity contribution in [3.63, 3.8) is 0 Å². The minimum atomic E-state index is 0.0321. The molecule has 1 unspecified atom stereocenters. The second kappa shape index (κ2) is 5.29. The van der Waals surface area contributed by atoms with Gasteiger partial charge >= 0.3 is 0 Å². The van der Waals surface area contributed by atoms with E-state index < -0.39 is 0 Å². The zero-order valence-electron chi connectivity index (χ0n) is 10.1. The lowest BCUT2D eigenvalue weighted by molar-refractivity contribution is -0.117. The van der Waals surface area contributed by atoms with Crippen LogP contribution in [0, 0.1) is 6.92 Å². The van der Waals surface area contributed by atoms with Crippen molar-refractivity contribution in [1.29, 1.82) is 0 Å². The van der Waals surface area contributed by atoms with Crippen LogP contribution in [0.3, 0.4) is 0 Å². The number of carbonyl (C=O) groups excluding carboxylic acids is 1. The minimum Gasteiger partial charge on any atom is -0.326 e. The Kier molecular flexibility index (Phi) is 3.76. The third kappa shape index (κ3) is 3.54. The fraction of sp³-hybridized carbons (Fsp3) is 0.462. The van der Waals surface area contributed by atoms with Crippen molar-refractivity contribution in [3.8, 4) is 0 Å². The summed E-state index contributed by atoms with van der Waals surface area (Å²) < 4.78 is 0. The number of rotatable bonds is 3. The standard InChI is InChI=1S/C13H19N3O/c1-10-3-2-4-12(7-10)15-13(17)9-16-6-5-11(14)8-16/h2-4,7,11H,5-6,8-9,14H2,1H3,(H,15,17). The van der Waals surface area contributed by atoms with Gasteiger partial charge in [0.15, 0.2) is 0 Å². The van der Waals surface area contributed by atoms with E-state index in [0.29, 0.717) is 6.54 Å². The molecule has 0 spiro atoms. The van der Waals surface area contributed by atoms with E-state index in [1.165, 1.54) is 0 Å². The van der Waals surface area contributed by atoms with Gasteiger partial charge in [-0.1, -0.05) is 12.1 Å². The van der Waals surface area contributed by atoms with E-state index in [4.69, 9.17) is 5.73 Å². The molecule has 0 radical (unpaired) electrons. The highest BCUT2D eigenvalue weighted by molar-refractivity contribution is 5.92. The van der Waals surface area contributed by atoms with Crippen molar-refractivity contribution in [2.75, 3.05) is 25.0 Å². The Bertz CT molecular complexity index is 405. The second-order valence-electron chi connectivity index (χ2n) is 4.70.